The van der Waals surface area contributed by atoms with E-state index in [2.05, 4.69) is 52.2 Å². The molecule has 4 heteroatoms. The van der Waals surface area contributed by atoms with Crippen molar-refractivity contribution >= 4 is 29.7 Å². The zero-order valence-electron chi connectivity index (χ0n) is 17.5. The first-order chi connectivity index (χ1) is 12.8. The highest BCUT2D eigenvalue weighted by Crippen LogP contribution is 2.21. The van der Waals surface area contributed by atoms with Crippen LogP contribution in [0.25, 0.3) is 5.70 Å². The first kappa shape index (κ1) is 25.1. The van der Waals surface area contributed by atoms with E-state index in [9.17, 15) is 0 Å². The lowest BCUT2D eigenvalue weighted by molar-refractivity contribution is 0.629. The van der Waals surface area contributed by atoms with Gasteiger partial charge >= 0.3 is 0 Å². The van der Waals surface area contributed by atoms with Crippen LogP contribution < -0.4 is 16.8 Å². The predicted molar refractivity (Wildman–Crippen MR) is 126 cm³/mol. The molecule has 0 spiro atoms. The van der Waals surface area contributed by atoms with E-state index in [0.717, 1.165) is 45.9 Å². The number of nitrogens with two attached hydrogens (primary N) is 2. The van der Waals surface area contributed by atoms with Gasteiger partial charge in [0.05, 0.1) is 0 Å². The van der Waals surface area contributed by atoms with Crippen molar-refractivity contribution < 1.29 is 0 Å². The Kier molecular flexibility index (Phi) is 13.2. The van der Waals surface area contributed by atoms with Crippen molar-refractivity contribution in [2.24, 2.45) is 5.73 Å². The molecule has 3 nitrogen and oxygen atoms in total. The Hall–Kier alpha value is -1.91. The van der Waals surface area contributed by atoms with Crippen LogP contribution in [-0.4, -0.2) is 6.04 Å². The first-order valence-electron chi connectivity index (χ1n) is 9.65. The third-order valence-corrected chi connectivity index (χ3v) is 4.14. The molecule has 0 saturated heterocycles. The van der Waals surface area contributed by atoms with Crippen LogP contribution in [0.1, 0.15) is 58.1 Å². The molecule has 0 bridgehead atoms. The van der Waals surface area contributed by atoms with Gasteiger partial charge in [-0.3, -0.25) is 0 Å². The normalized spacial score (nSPS) is 9.63. The fraction of sp³-hybridized carbons (Fsp3) is 0.391. The Morgan fingerprint density at radius 3 is 1.96 bits per heavy atom. The van der Waals surface area contributed by atoms with Crippen molar-refractivity contribution in [3.05, 3.63) is 60.2 Å². The molecule has 0 heterocycles. The molecule has 0 atom stereocenters. The molecule has 2 rings (SSSR count). The summed E-state index contributed by atoms with van der Waals surface area (Å²) in [6, 6.07) is 14.2. The number of aryl methyl sites for hydroxylation is 1. The van der Waals surface area contributed by atoms with Crippen LogP contribution >= 0.6 is 12.6 Å². The van der Waals surface area contributed by atoms with Crippen LogP contribution in [0, 0.1) is 6.92 Å². The Morgan fingerprint density at radius 2 is 1.56 bits per heavy atom. The Bertz CT molecular complexity index is 662. The first-order valence-corrected chi connectivity index (χ1v) is 10.1. The van der Waals surface area contributed by atoms with Gasteiger partial charge in [-0.05, 0) is 61.2 Å². The van der Waals surface area contributed by atoms with E-state index >= 15 is 0 Å². The molecule has 0 amide bonds. The van der Waals surface area contributed by atoms with E-state index in [1.165, 1.54) is 6.42 Å². The number of hydrogen-bond acceptors (Lipinski definition) is 4. The summed E-state index contributed by atoms with van der Waals surface area (Å²) in [4.78, 5) is 0.936. The summed E-state index contributed by atoms with van der Waals surface area (Å²) in [7, 11) is 0. The number of nitrogen functional groups attached to an aromatic ring is 1. The average molecular weight is 388 g/mol. The van der Waals surface area contributed by atoms with Crippen molar-refractivity contribution in [3.63, 3.8) is 0 Å². The molecule has 0 aliphatic heterocycles. The minimum absolute atomic E-state index is 0.435. The highest BCUT2D eigenvalue weighted by molar-refractivity contribution is 7.80. The smallest absolute Gasteiger partial charge is 0.0385 e. The lowest BCUT2D eigenvalue weighted by Crippen LogP contribution is -2.16. The maximum Gasteiger partial charge on any atom is 0.0385 e. The number of anilines is 2. The summed E-state index contributed by atoms with van der Waals surface area (Å²) in [5.41, 5.74) is 16.0. The van der Waals surface area contributed by atoms with Crippen LogP contribution in [0.15, 0.2) is 53.9 Å². The third kappa shape index (κ3) is 10.7. The molecule has 2 aromatic rings. The molecular formula is C23H37N3S. The molecule has 5 N–H and O–H groups in total. The van der Waals surface area contributed by atoms with Crippen molar-refractivity contribution in [2.45, 2.75) is 64.8 Å². The van der Waals surface area contributed by atoms with E-state index < -0.39 is 0 Å². The van der Waals surface area contributed by atoms with Crippen LogP contribution in [0.5, 0.6) is 0 Å². The largest absolute Gasteiger partial charge is 0.398 e. The molecule has 0 radical (unpaired) electrons. The van der Waals surface area contributed by atoms with Gasteiger partial charge < -0.3 is 16.8 Å². The number of nitrogens with one attached hydrogen (secondary N) is 1. The second-order valence-electron chi connectivity index (χ2n) is 6.51. The molecule has 2 aromatic carbocycles. The van der Waals surface area contributed by atoms with Gasteiger partial charge in [-0.2, -0.15) is 0 Å². The number of benzene rings is 2. The SMILES string of the molecule is C=C(Nc1ccc(S)cc1)c1ccc(C)c(N)c1.CCC.CCC(N)CC. The van der Waals surface area contributed by atoms with Gasteiger partial charge in [0.1, 0.15) is 0 Å². The molecule has 27 heavy (non-hydrogen) atoms. The summed E-state index contributed by atoms with van der Waals surface area (Å²) in [5.74, 6) is 0. The van der Waals surface area contributed by atoms with Gasteiger partial charge in [-0.15, -0.1) is 12.6 Å². The van der Waals surface area contributed by atoms with Gasteiger partial charge in [0.2, 0.25) is 0 Å². The minimum atomic E-state index is 0.435. The van der Waals surface area contributed by atoms with Crippen LogP contribution in [0.4, 0.5) is 11.4 Å². The molecule has 0 unspecified atom stereocenters. The Labute approximate surface area is 171 Å². The maximum absolute atomic E-state index is 5.89. The summed E-state index contributed by atoms with van der Waals surface area (Å²) in [6.45, 7) is 14.5. The average Bonchev–Trinajstić information content (AvgIpc) is 2.66. The van der Waals surface area contributed by atoms with E-state index in [1.807, 2.05) is 49.4 Å². The second kappa shape index (κ2) is 14.2. The molecule has 150 valence electrons. The van der Waals surface area contributed by atoms with Crippen molar-refractivity contribution in [1.29, 1.82) is 0 Å². The van der Waals surface area contributed by atoms with Gasteiger partial charge in [-0.1, -0.05) is 52.8 Å². The second-order valence-corrected chi connectivity index (χ2v) is 7.02. The quantitative estimate of drug-likeness (QED) is 0.350. The summed E-state index contributed by atoms with van der Waals surface area (Å²) >= 11 is 4.25. The molecule has 0 aliphatic rings. The van der Waals surface area contributed by atoms with Crippen LogP contribution in [0.2, 0.25) is 0 Å². The number of rotatable bonds is 5. The molecule has 0 aromatic heterocycles. The van der Waals surface area contributed by atoms with Crippen LogP contribution in [-0.2, 0) is 0 Å². The fourth-order valence-electron chi connectivity index (χ4n) is 1.91. The number of thiol groups is 1. The zero-order chi connectivity index (χ0) is 20.8. The Morgan fingerprint density at radius 1 is 1.04 bits per heavy atom. The maximum atomic E-state index is 5.89. The highest BCUT2D eigenvalue weighted by atomic mass is 32.1. The van der Waals surface area contributed by atoms with E-state index in [0.29, 0.717) is 6.04 Å². The van der Waals surface area contributed by atoms with Gasteiger partial charge in [-0.25, -0.2) is 0 Å². The molecule has 0 fully saturated rings. The zero-order valence-corrected chi connectivity index (χ0v) is 18.4. The summed E-state index contributed by atoms with van der Waals surface area (Å²) in [5, 5.41) is 3.25. The predicted octanol–water partition coefficient (Wildman–Crippen LogP) is 6.50. The van der Waals surface area contributed by atoms with Crippen molar-refractivity contribution in [1.82, 2.24) is 0 Å². The fourth-order valence-corrected chi connectivity index (χ4v) is 2.06. The lowest BCUT2D eigenvalue weighted by Gasteiger charge is -2.11. The monoisotopic (exact) mass is 387 g/mol. The standard InChI is InChI=1S/C15H16N2S.C5H13N.C3H8/c1-10-3-4-12(9-15(10)16)11(2)17-13-5-7-14(18)8-6-13;1-3-5(6)4-2;1-3-2/h3-9,17-18H,2,16H2,1H3;5H,3-4,6H2,1-2H3;3H2,1-2H3. The van der Waals surface area contributed by atoms with E-state index in [4.69, 9.17) is 11.5 Å². The molecule has 0 aliphatic carbocycles. The van der Waals surface area contributed by atoms with E-state index in [-0.39, 0.29) is 0 Å². The summed E-state index contributed by atoms with van der Waals surface area (Å²) in [6.07, 6.45) is 3.47. The third-order valence-electron chi connectivity index (χ3n) is 3.84. The van der Waals surface area contributed by atoms with Crippen LogP contribution in [0.3, 0.4) is 0 Å². The van der Waals surface area contributed by atoms with Crippen molar-refractivity contribution in [3.8, 4) is 0 Å². The molecule has 0 saturated carbocycles. The number of hydrogen-bond donors (Lipinski definition) is 4. The van der Waals surface area contributed by atoms with E-state index in [1.54, 1.807) is 0 Å². The lowest BCUT2D eigenvalue weighted by atomic mass is 10.1. The highest BCUT2D eigenvalue weighted by Gasteiger charge is 2.02. The van der Waals surface area contributed by atoms with Crippen molar-refractivity contribution in [2.75, 3.05) is 11.1 Å². The van der Waals surface area contributed by atoms with Gasteiger partial charge in [0.25, 0.3) is 0 Å². The molecular weight excluding hydrogens is 350 g/mol. The Balaban J connectivity index is 0.000000632. The topological polar surface area (TPSA) is 64.1 Å². The summed E-state index contributed by atoms with van der Waals surface area (Å²) < 4.78 is 0. The minimum Gasteiger partial charge on any atom is -0.398 e. The van der Waals surface area contributed by atoms with Gasteiger partial charge in [0.15, 0.2) is 0 Å². The van der Waals surface area contributed by atoms with Gasteiger partial charge in [0, 0.05) is 28.0 Å².